The third-order valence-electron chi connectivity index (χ3n) is 2.34. The highest BCUT2D eigenvalue weighted by molar-refractivity contribution is 7.80. The van der Waals surface area contributed by atoms with E-state index in [-0.39, 0.29) is 12.0 Å². The Bertz CT molecular complexity index is 425. The number of benzene rings is 1. The Labute approximate surface area is 112 Å². The van der Waals surface area contributed by atoms with Crippen molar-refractivity contribution in [3.63, 3.8) is 0 Å². The minimum atomic E-state index is -4.86. The standard InChI is InChI=1S/C11H13F3O4S/c12-11(13,14)18-6-1-2-7(9(16)5-6)10(17)8(15)3-4-19/h1-2,5,8,10,15-17,19H,3-4H2. The molecule has 8 heteroatoms. The molecule has 0 saturated carbocycles. The van der Waals surface area contributed by atoms with Gasteiger partial charge in [0, 0.05) is 11.6 Å². The number of thiol groups is 1. The molecule has 3 N–H and O–H groups in total. The molecule has 19 heavy (non-hydrogen) atoms. The minimum Gasteiger partial charge on any atom is -0.507 e. The van der Waals surface area contributed by atoms with Crippen molar-refractivity contribution >= 4 is 12.6 Å². The second-order valence-corrected chi connectivity index (χ2v) is 4.24. The van der Waals surface area contributed by atoms with Crippen LogP contribution in [0, 0.1) is 0 Å². The summed E-state index contributed by atoms with van der Waals surface area (Å²) in [6.07, 6.45) is -7.27. The number of halogens is 3. The number of hydrogen-bond donors (Lipinski definition) is 4. The van der Waals surface area contributed by atoms with Crippen molar-refractivity contribution in [1.82, 2.24) is 0 Å². The predicted molar refractivity (Wildman–Crippen MR) is 64.2 cm³/mol. The lowest BCUT2D eigenvalue weighted by atomic mass is 10.0. The Balaban J connectivity index is 2.88. The second kappa shape index (κ2) is 6.36. The summed E-state index contributed by atoms with van der Waals surface area (Å²) in [5, 5.41) is 28.8. The third kappa shape index (κ3) is 4.81. The SMILES string of the molecule is Oc1cc(OC(F)(F)F)ccc1C(O)C(O)CCS. The topological polar surface area (TPSA) is 69.9 Å². The van der Waals surface area contributed by atoms with Gasteiger partial charge in [-0.25, -0.2) is 0 Å². The van der Waals surface area contributed by atoms with Gasteiger partial charge in [0.1, 0.15) is 17.6 Å². The molecule has 2 atom stereocenters. The van der Waals surface area contributed by atoms with Gasteiger partial charge in [0.2, 0.25) is 0 Å². The van der Waals surface area contributed by atoms with Crippen LogP contribution in [0.2, 0.25) is 0 Å². The Morgan fingerprint density at radius 1 is 1.26 bits per heavy atom. The summed E-state index contributed by atoms with van der Waals surface area (Å²) in [6, 6.07) is 2.72. The first-order valence-electron chi connectivity index (χ1n) is 5.30. The molecule has 1 aromatic rings. The summed E-state index contributed by atoms with van der Waals surface area (Å²) < 4.78 is 39.5. The summed E-state index contributed by atoms with van der Waals surface area (Å²) in [7, 11) is 0. The van der Waals surface area contributed by atoms with Gasteiger partial charge in [-0.3, -0.25) is 0 Å². The fourth-order valence-electron chi connectivity index (χ4n) is 1.47. The quantitative estimate of drug-likeness (QED) is 0.628. The van der Waals surface area contributed by atoms with E-state index in [1.54, 1.807) is 0 Å². The van der Waals surface area contributed by atoms with Crippen molar-refractivity contribution in [1.29, 1.82) is 0 Å². The van der Waals surface area contributed by atoms with Gasteiger partial charge in [0.15, 0.2) is 0 Å². The lowest BCUT2D eigenvalue weighted by molar-refractivity contribution is -0.274. The van der Waals surface area contributed by atoms with Gasteiger partial charge in [-0.05, 0) is 24.3 Å². The highest BCUT2D eigenvalue weighted by atomic mass is 32.1. The van der Waals surface area contributed by atoms with Crippen LogP contribution in [0.1, 0.15) is 18.1 Å². The molecular formula is C11H13F3O4S. The number of alkyl halides is 3. The molecule has 0 heterocycles. The highest BCUT2D eigenvalue weighted by Crippen LogP contribution is 2.33. The van der Waals surface area contributed by atoms with Crippen LogP contribution in [0.4, 0.5) is 13.2 Å². The molecule has 0 aromatic heterocycles. The largest absolute Gasteiger partial charge is 0.573 e. The van der Waals surface area contributed by atoms with Gasteiger partial charge < -0.3 is 20.1 Å². The van der Waals surface area contributed by atoms with Crippen LogP contribution in [0.15, 0.2) is 18.2 Å². The molecule has 0 aliphatic carbocycles. The highest BCUT2D eigenvalue weighted by Gasteiger charge is 2.31. The molecule has 0 amide bonds. The molecule has 4 nitrogen and oxygen atoms in total. The van der Waals surface area contributed by atoms with Crippen molar-refractivity contribution in [3.05, 3.63) is 23.8 Å². The summed E-state index contributed by atoms with van der Waals surface area (Å²) >= 11 is 3.88. The van der Waals surface area contributed by atoms with Crippen molar-refractivity contribution in [3.8, 4) is 11.5 Å². The van der Waals surface area contributed by atoms with E-state index in [0.717, 1.165) is 18.2 Å². The van der Waals surface area contributed by atoms with Crippen LogP contribution in [0.3, 0.4) is 0 Å². The summed E-state index contributed by atoms with van der Waals surface area (Å²) in [4.78, 5) is 0. The maximum Gasteiger partial charge on any atom is 0.573 e. The molecule has 0 spiro atoms. The van der Waals surface area contributed by atoms with E-state index in [1.807, 2.05) is 0 Å². The van der Waals surface area contributed by atoms with Crippen molar-refractivity contribution in [2.45, 2.75) is 25.0 Å². The average Bonchev–Trinajstić information content (AvgIpc) is 2.26. The molecule has 0 aliphatic heterocycles. The first-order chi connectivity index (χ1) is 8.74. The van der Waals surface area contributed by atoms with Crippen LogP contribution in [-0.2, 0) is 0 Å². The van der Waals surface area contributed by atoms with E-state index in [9.17, 15) is 28.5 Å². The summed E-state index contributed by atoms with van der Waals surface area (Å²) in [6.45, 7) is 0. The smallest absolute Gasteiger partial charge is 0.507 e. The Kier molecular flexibility index (Phi) is 5.33. The number of aliphatic hydroxyl groups excluding tert-OH is 2. The maximum absolute atomic E-state index is 12.0. The molecule has 1 rings (SSSR count). The number of hydrogen-bond acceptors (Lipinski definition) is 5. The Morgan fingerprint density at radius 3 is 2.37 bits per heavy atom. The van der Waals surface area contributed by atoms with E-state index in [1.165, 1.54) is 0 Å². The van der Waals surface area contributed by atoms with E-state index < -0.39 is 30.1 Å². The maximum atomic E-state index is 12.0. The van der Waals surface area contributed by atoms with E-state index >= 15 is 0 Å². The molecule has 0 saturated heterocycles. The monoisotopic (exact) mass is 298 g/mol. The lowest BCUT2D eigenvalue weighted by Crippen LogP contribution is -2.19. The zero-order chi connectivity index (χ0) is 14.6. The van der Waals surface area contributed by atoms with Crippen LogP contribution in [0.5, 0.6) is 11.5 Å². The first-order valence-corrected chi connectivity index (χ1v) is 5.93. The van der Waals surface area contributed by atoms with E-state index in [2.05, 4.69) is 17.4 Å². The van der Waals surface area contributed by atoms with Gasteiger partial charge >= 0.3 is 6.36 Å². The molecule has 108 valence electrons. The molecule has 0 radical (unpaired) electrons. The van der Waals surface area contributed by atoms with Gasteiger partial charge in [-0.15, -0.1) is 13.2 Å². The van der Waals surface area contributed by atoms with E-state index in [4.69, 9.17) is 0 Å². The number of phenols is 1. The molecule has 1 aromatic carbocycles. The van der Waals surface area contributed by atoms with Gasteiger partial charge in [0.25, 0.3) is 0 Å². The average molecular weight is 298 g/mol. The van der Waals surface area contributed by atoms with E-state index in [0.29, 0.717) is 5.75 Å². The minimum absolute atomic E-state index is 0.0798. The zero-order valence-corrected chi connectivity index (χ0v) is 10.5. The number of rotatable bonds is 5. The molecule has 0 fully saturated rings. The van der Waals surface area contributed by atoms with Crippen LogP contribution in [-0.4, -0.2) is 33.5 Å². The zero-order valence-electron chi connectivity index (χ0n) is 9.63. The van der Waals surface area contributed by atoms with Crippen LogP contribution < -0.4 is 4.74 Å². The third-order valence-corrected chi connectivity index (χ3v) is 2.60. The van der Waals surface area contributed by atoms with Crippen molar-refractivity contribution in [2.75, 3.05) is 5.75 Å². The summed E-state index contributed by atoms with van der Waals surface area (Å²) in [5.41, 5.74) is -0.0798. The number of ether oxygens (including phenoxy) is 1. The van der Waals surface area contributed by atoms with Crippen LogP contribution >= 0.6 is 12.6 Å². The number of phenolic OH excluding ortho intramolecular Hbond substituents is 1. The fourth-order valence-corrected chi connectivity index (χ4v) is 1.73. The van der Waals surface area contributed by atoms with Crippen molar-refractivity contribution < 1.29 is 33.2 Å². The Morgan fingerprint density at radius 2 is 1.89 bits per heavy atom. The second-order valence-electron chi connectivity index (χ2n) is 3.79. The molecule has 0 aliphatic rings. The molecular weight excluding hydrogens is 285 g/mol. The number of aliphatic hydroxyl groups is 2. The van der Waals surface area contributed by atoms with Crippen molar-refractivity contribution in [2.24, 2.45) is 0 Å². The van der Waals surface area contributed by atoms with Gasteiger partial charge in [0.05, 0.1) is 6.10 Å². The number of aromatic hydroxyl groups is 1. The summed E-state index contributed by atoms with van der Waals surface area (Å²) in [5.74, 6) is -0.883. The lowest BCUT2D eigenvalue weighted by Gasteiger charge is -2.19. The van der Waals surface area contributed by atoms with Crippen LogP contribution in [0.25, 0.3) is 0 Å². The first kappa shape index (κ1) is 15.9. The normalized spacial score (nSPS) is 15.1. The Hall–Kier alpha value is -1.12. The van der Waals surface area contributed by atoms with Gasteiger partial charge in [-0.2, -0.15) is 12.6 Å². The van der Waals surface area contributed by atoms with Gasteiger partial charge in [-0.1, -0.05) is 0 Å². The predicted octanol–water partition coefficient (Wildman–Crippen LogP) is 2.01. The molecule has 0 bridgehead atoms. The molecule has 2 unspecified atom stereocenters. The fraction of sp³-hybridized carbons (Fsp3) is 0.455.